The Morgan fingerprint density at radius 3 is 2.77 bits per heavy atom. The van der Waals surface area contributed by atoms with Crippen LogP contribution in [-0.2, 0) is 0 Å². The Hall–Kier alpha value is -2.09. The molecule has 0 bridgehead atoms. The molecule has 0 unspecified atom stereocenters. The van der Waals surface area contributed by atoms with E-state index < -0.39 is 5.97 Å². The van der Waals surface area contributed by atoms with E-state index in [4.69, 9.17) is 15.2 Å². The third kappa shape index (κ3) is 1.73. The first-order valence-electron chi connectivity index (χ1n) is 3.45. The van der Waals surface area contributed by atoms with Gasteiger partial charge in [0.2, 0.25) is 5.39 Å². The summed E-state index contributed by atoms with van der Waals surface area (Å²) < 4.78 is 4.83. The molecule has 1 rings (SSSR count). The van der Waals surface area contributed by atoms with E-state index in [9.17, 15) is 4.79 Å². The van der Waals surface area contributed by atoms with Gasteiger partial charge in [-0.3, -0.25) is 0 Å². The summed E-state index contributed by atoms with van der Waals surface area (Å²) in [5.41, 5.74) is -0.0878. The second-order valence-corrected chi connectivity index (χ2v) is 2.29. The normalized spacial score (nSPS) is 8.92. The molecule has 0 fully saturated rings. The molecule has 0 aromatic heterocycles. The molecule has 1 aromatic rings. The molecule has 0 aliphatic carbocycles. The Kier molecular flexibility index (Phi) is 2.45. The number of hydrogen-bond acceptors (Lipinski definition) is 3. The Bertz CT molecular complexity index is 381. The first-order valence-corrected chi connectivity index (χ1v) is 3.45. The summed E-state index contributed by atoms with van der Waals surface area (Å²) in [5, 5.41) is 17.1. The average Bonchev–Trinajstić information content (AvgIpc) is 2.16. The lowest BCUT2D eigenvalue weighted by Crippen LogP contribution is -1.96. The van der Waals surface area contributed by atoms with E-state index in [1.54, 1.807) is 0 Å². The van der Waals surface area contributed by atoms with Gasteiger partial charge in [-0.25, -0.2) is 4.79 Å². The molecular weight excluding hydrogens is 172 g/mol. The zero-order valence-corrected chi connectivity index (χ0v) is 6.89. The molecule has 0 aliphatic rings. The predicted molar refractivity (Wildman–Crippen MR) is 44.7 cm³/mol. The Morgan fingerprint density at radius 1 is 1.62 bits per heavy atom. The molecule has 5 nitrogen and oxygen atoms in total. The number of methoxy groups -OCH3 is 1. The highest BCUT2D eigenvalue weighted by Crippen LogP contribution is 2.24. The molecule has 0 atom stereocenters. The highest BCUT2D eigenvalue weighted by Gasteiger charge is 2.20. The van der Waals surface area contributed by atoms with Crippen LogP contribution in [0.4, 0.5) is 5.69 Å². The van der Waals surface area contributed by atoms with Crippen LogP contribution in [0.5, 0.6) is 5.75 Å². The molecular formula is C8H7N2O3+. The maximum Gasteiger partial charge on any atom is 0.403 e. The number of rotatable bonds is 2. The van der Waals surface area contributed by atoms with Crippen molar-refractivity contribution in [3.05, 3.63) is 28.7 Å². The van der Waals surface area contributed by atoms with Crippen LogP contribution in [0.2, 0.25) is 0 Å². The van der Waals surface area contributed by atoms with E-state index >= 15 is 0 Å². The Labute approximate surface area is 74.2 Å². The number of carboxylic acids is 1. The molecule has 0 amide bonds. The average molecular weight is 179 g/mol. The summed E-state index contributed by atoms with van der Waals surface area (Å²) in [6, 6.07) is 4.14. The van der Waals surface area contributed by atoms with E-state index in [-0.39, 0.29) is 11.3 Å². The fourth-order valence-corrected chi connectivity index (χ4v) is 0.902. The molecule has 0 heterocycles. The van der Waals surface area contributed by atoms with E-state index in [1.165, 1.54) is 25.3 Å². The van der Waals surface area contributed by atoms with Crippen molar-refractivity contribution in [2.24, 2.45) is 0 Å². The molecule has 0 saturated heterocycles. The molecule has 66 valence electrons. The van der Waals surface area contributed by atoms with Crippen molar-refractivity contribution >= 4 is 11.7 Å². The fraction of sp³-hybridized carbons (Fsp3) is 0.125. The van der Waals surface area contributed by atoms with Crippen LogP contribution in [0.1, 0.15) is 10.4 Å². The van der Waals surface area contributed by atoms with Crippen molar-refractivity contribution in [3.8, 4) is 5.75 Å². The minimum absolute atomic E-state index is 0.0214. The molecule has 1 aromatic carbocycles. The number of nitrogens with zero attached hydrogens (tertiary/aromatic N) is 2. The highest BCUT2D eigenvalue weighted by atomic mass is 16.5. The summed E-state index contributed by atoms with van der Waals surface area (Å²) in [7, 11) is 1.44. The second kappa shape index (κ2) is 3.54. The number of carboxylic acid groups (broad SMARTS) is 1. The SMILES string of the molecule is COc1ccc(C(=O)O)c([N+]#N)c1. The fourth-order valence-electron chi connectivity index (χ4n) is 0.902. The molecule has 13 heavy (non-hydrogen) atoms. The van der Waals surface area contributed by atoms with Crippen LogP contribution in [0, 0.1) is 5.39 Å². The van der Waals surface area contributed by atoms with Gasteiger partial charge >= 0.3 is 11.7 Å². The molecule has 0 spiro atoms. The Balaban J connectivity index is 3.26. The topological polar surface area (TPSA) is 74.7 Å². The van der Waals surface area contributed by atoms with Crippen molar-refractivity contribution in [1.82, 2.24) is 0 Å². The van der Waals surface area contributed by atoms with E-state index in [0.29, 0.717) is 5.75 Å². The molecule has 0 radical (unpaired) electrons. The lowest BCUT2D eigenvalue weighted by atomic mass is 10.2. The van der Waals surface area contributed by atoms with Gasteiger partial charge in [0.25, 0.3) is 0 Å². The van der Waals surface area contributed by atoms with Crippen LogP contribution in [0.25, 0.3) is 4.98 Å². The minimum Gasteiger partial charge on any atom is -0.496 e. The van der Waals surface area contributed by atoms with Gasteiger partial charge in [-0.15, -0.1) is 0 Å². The smallest absolute Gasteiger partial charge is 0.403 e. The molecule has 5 heteroatoms. The van der Waals surface area contributed by atoms with Crippen LogP contribution < -0.4 is 4.74 Å². The molecule has 1 N–H and O–H groups in total. The second-order valence-electron chi connectivity index (χ2n) is 2.29. The van der Waals surface area contributed by atoms with Crippen LogP contribution >= 0.6 is 0 Å². The van der Waals surface area contributed by atoms with E-state index in [0.717, 1.165) is 0 Å². The van der Waals surface area contributed by atoms with Gasteiger partial charge in [-0.1, -0.05) is 0 Å². The summed E-state index contributed by atoms with van der Waals surface area (Å²) in [6.07, 6.45) is 0. The van der Waals surface area contributed by atoms with E-state index in [2.05, 4.69) is 4.98 Å². The summed E-state index contributed by atoms with van der Waals surface area (Å²) in [5.74, 6) is -0.701. The maximum absolute atomic E-state index is 10.6. The van der Waals surface area contributed by atoms with Crippen LogP contribution in [-0.4, -0.2) is 18.2 Å². The van der Waals surface area contributed by atoms with Gasteiger partial charge in [0.1, 0.15) is 5.75 Å². The van der Waals surface area contributed by atoms with Gasteiger partial charge in [-0.2, -0.15) is 0 Å². The first kappa shape index (κ1) is 9.00. The number of hydrogen-bond donors (Lipinski definition) is 1. The van der Waals surface area contributed by atoms with Crippen molar-refractivity contribution in [2.45, 2.75) is 0 Å². The van der Waals surface area contributed by atoms with E-state index in [1.807, 2.05) is 0 Å². The summed E-state index contributed by atoms with van der Waals surface area (Å²) in [4.78, 5) is 13.4. The lowest BCUT2D eigenvalue weighted by Gasteiger charge is -1.96. The zero-order chi connectivity index (χ0) is 9.84. The first-order chi connectivity index (χ1) is 6.19. The quantitative estimate of drug-likeness (QED) is 0.703. The van der Waals surface area contributed by atoms with Gasteiger partial charge < -0.3 is 9.84 Å². The summed E-state index contributed by atoms with van der Waals surface area (Å²) in [6.45, 7) is 0. The van der Waals surface area contributed by atoms with Crippen LogP contribution in [0.3, 0.4) is 0 Å². The monoisotopic (exact) mass is 179 g/mol. The highest BCUT2D eigenvalue weighted by molar-refractivity contribution is 5.94. The van der Waals surface area contributed by atoms with Gasteiger partial charge in [0.15, 0.2) is 10.5 Å². The van der Waals surface area contributed by atoms with Crippen molar-refractivity contribution in [1.29, 1.82) is 5.39 Å². The van der Waals surface area contributed by atoms with Gasteiger partial charge in [-0.05, 0) is 12.1 Å². The predicted octanol–water partition coefficient (Wildman–Crippen LogP) is 1.88. The number of ether oxygens (including phenoxy) is 1. The third-order valence-corrected chi connectivity index (χ3v) is 1.54. The number of benzene rings is 1. The number of diazo groups is 1. The lowest BCUT2D eigenvalue weighted by molar-refractivity contribution is 0.0698. The molecule has 0 saturated carbocycles. The maximum atomic E-state index is 10.6. The summed E-state index contributed by atoms with van der Waals surface area (Å²) >= 11 is 0. The van der Waals surface area contributed by atoms with Crippen LogP contribution in [0.15, 0.2) is 18.2 Å². The molecule has 0 aliphatic heterocycles. The number of aromatic carboxylic acids is 1. The largest absolute Gasteiger partial charge is 0.496 e. The van der Waals surface area contributed by atoms with Crippen molar-refractivity contribution in [3.63, 3.8) is 0 Å². The standard InChI is InChI=1S/C8H6N2O3/c1-13-5-2-3-6(8(11)12)7(4-5)10-9/h2-4H,1H3/p+1. The van der Waals surface area contributed by atoms with Gasteiger partial charge in [0, 0.05) is 0 Å². The number of carbonyl (C=O) groups is 1. The van der Waals surface area contributed by atoms with Crippen molar-refractivity contribution < 1.29 is 14.6 Å². The van der Waals surface area contributed by atoms with Crippen molar-refractivity contribution in [2.75, 3.05) is 7.11 Å². The third-order valence-electron chi connectivity index (χ3n) is 1.54. The zero-order valence-electron chi connectivity index (χ0n) is 6.89. The minimum atomic E-state index is -1.14. The Morgan fingerprint density at radius 2 is 2.31 bits per heavy atom. The van der Waals surface area contributed by atoms with Gasteiger partial charge in [0.05, 0.1) is 13.2 Å².